The topological polar surface area (TPSA) is 20.2 Å². The molecule has 0 aliphatic heterocycles. The summed E-state index contributed by atoms with van der Waals surface area (Å²) < 4.78 is 0. The second-order valence-electron chi connectivity index (χ2n) is 4.21. The van der Waals surface area contributed by atoms with Crippen molar-refractivity contribution in [3.8, 4) is 0 Å². The molecular formula is C20H27OS+. The number of hydrogen-bond donors (Lipinski definition) is 1. The van der Waals surface area contributed by atoms with Gasteiger partial charge in [0.1, 0.15) is 10.7 Å². The van der Waals surface area contributed by atoms with Crippen LogP contribution in [-0.4, -0.2) is 5.11 Å². The quantitative estimate of drug-likeness (QED) is 0.370. The van der Waals surface area contributed by atoms with Gasteiger partial charge >= 0.3 is 0 Å². The van der Waals surface area contributed by atoms with Gasteiger partial charge in [-0.3, -0.25) is 0 Å². The first-order chi connectivity index (χ1) is 10.6. The molecule has 1 rings (SSSR count). The zero-order chi connectivity index (χ0) is 17.0. The summed E-state index contributed by atoms with van der Waals surface area (Å²) in [5, 5.41) is 9.19. The van der Waals surface area contributed by atoms with Crippen LogP contribution in [0, 0.1) is 0 Å². The Morgan fingerprint density at radius 1 is 1.09 bits per heavy atom. The van der Waals surface area contributed by atoms with E-state index in [0.29, 0.717) is 0 Å². The number of allylic oxidation sites excluding steroid dienone is 6. The van der Waals surface area contributed by atoms with Gasteiger partial charge in [0.05, 0.1) is 10.9 Å². The SMILES string of the molecule is C=C(O)/C=C\C(=C)[S+](/C(C)=C/C=C\C)c1ccccc1.CC. The summed E-state index contributed by atoms with van der Waals surface area (Å²) in [6.07, 6.45) is 9.53. The number of benzene rings is 1. The molecule has 0 radical (unpaired) electrons. The van der Waals surface area contributed by atoms with Gasteiger partial charge in [0.2, 0.25) is 0 Å². The number of aliphatic hydroxyl groups excluding tert-OH is 1. The maximum absolute atomic E-state index is 9.19. The maximum atomic E-state index is 9.19. The lowest BCUT2D eigenvalue weighted by Gasteiger charge is -2.07. The van der Waals surface area contributed by atoms with E-state index >= 15 is 0 Å². The van der Waals surface area contributed by atoms with E-state index in [0.717, 1.165) is 4.91 Å². The summed E-state index contributed by atoms with van der Waals surface area (Å²) in [5.41, 5.74) is 0. The fourth-order valence-corrected chi connectivity index (χ4v) is 3.59. The minimum Gasteiger partial charge on any atom is -0.509 e. The van der Waals surface area contributed by atoms with Gasteiger partial charge in [-0.05, 0) is 43.9 Å². The van der Waals surface area contributed by atoms with Gasteiger partial charge in [0, 0.05) is 6.92 Å². The molecule has 0 heterocycles. The van der Waals surface area contributed by atoms with Crippen molar-refractivity contribution < 1.29 is 5.11 Å². The highest BCUT2D eigenvalue weighted by Gasteiger charge is 2.27. The Balaban J connectivity index is 0.00000211. The van der Waals surface area contributed by atoms with E-state index in [9.17, 15) is 5.11 Å². The molecule has 0 amide bonds. The normalized spacial score (nSPS) is 12.8. The van der Waals surface area contributed by atoms with Gasteiger partial charge in [-0.1, -0.05) is 50.8 Å². The van der Waals surface area contributed by atoms with Crippen LogP contribution >= 0.6 is 0 Å². The molecule has 0 spiro atoms. The van der Waals surface area contributed by atoms with Gasteiger partial charge in [-0.2, -0.15) is 0 Å². The van der Waals surface area contributed by atoms with Crippen LogP contribution in [0.3, 0.4) is 0 Å². The first-order valence-corrected chi connectivity index (χ1v) is 8.62. The Hall–Kier alpha value is -1.93. The van der Waals surface area contributed by atoms with Crippen molar-refractivity contribution in [2.24, 2.45) is 0 Å². The first kappa shape index (κ1) is 20.1. The molecule has 0 fully saturated rings. The number of hydrogen-bond acceptors (Lipinski definition) is 1. The summed E-state index contributed by atoms with van der Waals surface area (Å²) in [7, 11) is -0.219. The monoisotopic (exact) mass is 315 g/mol. The Morgan fingerprint density at radius 2 is 1.68 bits per heavy atom. The molecule has 0 aromatic heterocycles. The van der Waals surface area contributed by atoms with E-state index in [4.69, 9.17) is 0 Å². The Bertz CT molecular complexity index is 550. The van der Waals surface area contributed by atoms with Gasteiger partial charge in [0.15, 0.2) is 9.80 Å². The molecule has 1 unspecified atom stereocenters. The Morgan fingerprint density at radius 3 is 2.18 bits per heavy atom. The molecule has 118 valence electrons. The van der Waals surface area contributed by atoms with Crippen molar-refractivity contribution >= 4 is 10.9 Å². The molecule has 1 aromatic rings. The summed E-state index contributed by atoms with van der Waals surface area (Å²) in [6, 6.07) is 10.3. The molecule has 1 nitrogen and oxygen atoms in total. The van der Waals surface area contributed by atoms with Gasteiger partial charge in [-0.25, -0.2) is 0 Å². The lowest BCUT2D eigenvalue weighted by atomic mass is 10.4. The van der Waals surface area contributed by atoms with E-state index < -0.39 is 0 Å². The van der Waals surface area contributed by atoms with Crippen molar-refractivity contribution in [1.82, 2.24) is 0 Å². The standard InChI is InChI=1S/C18H20OS.C2H6/c1-5-6-10-16(3)20(17(4)14-13-15(2)19)18-11-8-7-9-12-18;1-2/h5-14H,2,4H2,1,3H3;1-2H3/p+1/b6-5-,14-13-,16-10+;. The molecular weight excluding hydrogens is 288 g/mol. The van der Waals surface area contributed by atoms with Crippen LogP contribution in [0.5, 0.6) is 0 Å². The van der Waals surface area contributed by atoms with E-state index in [1.807, 2.05) is 57.2 Å². The molecule has 22 heavy (non-hydrogen) atoms. The van der Waals surface area contributed by atoms with E-state index in [-0.39, 0.29) is 16.7 Å². The van der Waals surface area contributed by atoms with E-state index in [1.165, 1.54) is 9.80 Å². The van der Waals surface area contributed by atoms with Crippen LogP contribution < -0.4 is 0 Å². The molecule has 0 saturated carbocycles. The zero-order valence-corrected chi connectivity index (χ0v) is 14.9. The number of rotatable bonds is 6. The van der Waals surface area contributed by atoms with Crippen molar-refractivity contribution in [2.45, 2.75) is 32.6 Å². The summed E-state index contributed by atoms with van der Waals surface area (Å²) in [4.78, 5) is 3.39. The fourth-order valence-electron chi connectivity index (χ4n) is 1.66. The second kappa shape index (κ2) is 11.7. The molecule has 0 saturated heterocycles. The highest BCUT2D eigenvalue weighted by molar-refractivity contribution is 8.04. The smallest absolute Gasteiger partial charge is 0.166 e. The zero-order valence-electron chi connectivity index (χ0n) is 14.0. The van der Waals surface area contributed by atoms with Crippen molar-refractivity contribution in [2.75, 3.05) is 0 Å². The average Bonchev–Trinajstić information content (AvgIpc) is 2.54. The van der Waals surface area contributed by atoms with Crippen molar-refractivity contribution in [1.29, 1.82) is 0 Å². The largest absolute Gasteiger partial charge is 0.509 e. The van der Waals surface area contributed by atoms with Gasteiger partial charge in [0.25, 0.3) is 0 Å². The molecule has 1 aromatic carbocycles. The van der Waals surface area contributed by atoms with Crippen molar-refractivity contribution in [3.63, 3.8) is 0 Å². The predicted octanol–water partition coefficient (Wildman–Crippen LogP) is 6.31. The molecule has 2 heteroatoms. The third-order valence-electron chi connectivity index (χ3n) is 2.55. The van der Waals surface area contributed by atoms with Crippen molar-refractivity contribution in [3.05, 3.63) is 89.4 Å². The van der Waals surface area contributed by atoms with Crippen LogP contribution in [0.2, 0.25) is 0 Å². The Kier molecular flexibility index (Phi) is 10.7. The highest BCUT2D eigenvalue weighted by atomic mass is 32.2. The van der Waals surface area contributed by atoms with Crippen LogP contribution in [0.15, 0.2) is 94.3 Å². The van der Waals surface area contributed by atoms with Crippen LogP contribution in [-0.2, 0) is 10.9 Å². The van der Waals surface area contributed by atoms with Crippen LogP contribution in [0.4, 0.5) is 0 Å². The van der Waals surface area contributed by atoms with Crippen LogP contribution in [0.25, 0.3) is 0 Å². The summed E-state index contributed by atoms with van der Waals surface area (Å²) in [6.45, 7) is 15.7. The summed E-state index contributed by atoms with van der Waals surface area (Å²) in [5.74, 6) is 0.0397. The van der Waals surface area contributed by atoms with Gasteiger partial charge < -0.3 is 5.11 Å². The van der Waals surface area contributed by atoms with E-state index in [1.54, 1.807) is 6.08 Å². The lowest BCUT2D eigenvalue weighted by molar-refractivity contribution is 0.435. The fraction of sp³-hybridized carbons (Fsp3) is 0.200. The maximum Gasteiger partial charge on any atom is 0.166 e. The molecule has 1 N–H and O–H groups in total. The van der Waals surface area contributed by atoms with E-state index in [2.05, 4.69) is 38.3 Å². The minimum absolute atomic E-state index is 0.0397. The third-order valence-corrected chi connectivity index (χ3v) is 4.73. The Labute approximate surface area is 138 Å². The number of aliphatic hydroxyl groups is 1. The minimum atomic E-state index is -0.219. The second-order valence-corrected chi connectivity index (χ2v) is 6.47. The summed E-state index contributed by atoms with van der Waals surface area (Å²) >= 11 is 0. The first-order valence-electron chi connectivity index (χ1n) is 7.40. The highest BCUT2D eigenvalue weighted by Crippen LogP contribution is 2.29. The van der Waals surface area contributed by atoms with Crippen LogP contribution in [0.1, 0.15) is 27.7 Å². The van der Waals surface area contributed by atoms with Gasteiger partial charge in [-0.15, -0.1) is 0 Å². The lowest BCUT2D eigenvalue weighted by Crippen LogP contribution is -2.05. The third kappa shape index (κ3) is 7.19. The molecule has 0 bridgehead atoms. The average molecular weight is 316 g/mol. The molecule has 0 aliphatic rings. The predicted molar refractivity (Wildman–Crippen MR) is 102 cm³/mol. The molecule has 0 aliphatic carbocycles. The molecule has 1 atom stereocenters.